The zero-order valence-corrected chi connectivity index (χ0v) is 9.59. The molecule has 0 saturated carbocycles. The lowest BCUT2D eigenvalue weighted by atomic mass is 10.0. The van der Waals surface area contributed by atoms with E-state index in [1.54, 1.807) is 13.2 Å². The molecule has 0 unspecified atom stereocenters. The van der Waals surface area contributed by atoms with Crippen LogP contribution in [0.15, 0.2) is 6.07 Å². The molecule has 3 heteroatoms. The van der Waals surface area contributed by atoms with Crippen LogP contribution in [0.3, 0.4) is 0 Å². The van der Waals surface area contributed by atoms with Crippen molar-refractivity contribution in [1.82, 2.24) is 0 Å². The van der Waals surface area contributed by atoms with Crippen LogP contribution in [-0.2, 0) is 0 Å². The van der Waals surface area contributed by atoms with Gasteiger partial charge in [0.25, 0.3) is 0 Å². The molecule has 1 rings (SSSR count). The van der Waals surface area contributed by atoms with Gasteiger partial charge in [-0.25, -0.2) is 0 Å². The lowest BCUT2D eigenvalue weighted by molar-refractivity contribution is 0.112. The van der Waals surface area contributed by atoms with E-state index in [1.807, 2.05) is 20.8 Å². The molecule has 3 nitrogen and oxygen atoms in total. The summed E-state index contributed by atoms with van der Waals surface area (Å²) in [7, 11) is 1.57. The number of hydrogen-bond donors (Lipinski definition) is 0. The van der Waals surface area contributed by atoms with Gasteiger partial charge in [0.1, 0.15) is 6.29 Å². The summed E-state index contributed by atoms with van der Waals surface area (Å²) in [6.45, 7) is 6.33. The fourth-order valence-electron chi connectivity index (χ4n) is 1.48. The maximum atomic E-state index is 10.8. The van der Waals surface area contributed by atoms with E-state index in [0.29, 0.717) is 17.9 Å². The van der Waals surface area contributed by atoms with Crippen molar-refractivity contribution < 1.29 is 14.3 Å². The molecule has 0 radical (unpaired) electrons. The molecule has 0 bridgehead atoms. The largest absolute Gasteiger partial charge is 0.493 e. The van der Waals surface area contributed by atoms with E-state index >= 15 is 0 Å². The summed E-state index contributed by atoms with van der Waals surface area (Å²) in [6.07, 6.45) is 0.834. The summed E-state index contributed by atoms with van der Waals surface area (Å²) in [4.78, 5) is 10.8. The molecule has 0 saturated heterocycles. The molecule has 0 aliphatic carbocycles. The Hall–Kier alpha value is -1.51. The lowest BCUT2D eigenvalue weighted by Crippen LogP contribution is -2.01. The Morgan fingerprint density at radius 2 is 2.00 bits per heavy atom. The van der Waals surface area contributed by atoms with Crippen molar-refractivity contribution >= 4 is 6.29 Å². The van der Waals surface area contributed by atoms with Gasteiger partial charge in [-0.15, -0.1) is 0 Å². The summed E-state index contributed by atoms with van der Waals surface area (Å²) >= 11 is 0. The number of rotatable bonds is 4. The van der Waals surface area contributed by atoms with Crippen LogP contribution in [0.25, 0.3) is 0 Å². The van der Waals surface area contributed by atoms with Crippen molar-refractivity contribution in [2.75, 3.05) is 13.7 Å². The Balaban J connectivity index is 3.37. The van der Waals surface area contributed by atoms with Gasteiger partial charge < -0.3 is 9.47 Å². The van der Waals surface area contributed by atoms with E-state index in [4.69, 9.17) is 9.47 Å². The van der Waals surface area contributed by atoms with E-state index in [0.717, 1.165) is 23.2 Å². The fourth-order valence-corrected chi connectivity index (χ4v) is 1.48. The Morgan fingerprint density at radius 3 is 2.47 bits per heavy atom. The fraction of sp³-hybridized carbons (Fsp3) is 0.417. The molecule has 82 valence electrons. The van der Waals surface area contributed by atoms with Crippen LogP contribution in [0.1, 0.15) is 28.4 Å². The highest BCUT2D eigenvalue weighted by molar-refractivity contribution is 5.80. The highest BCUT2D eigenvalue weighted by Crippen LogP contribution is 2.34. The van der Waals surface area contributed by atoms with Gasteiger partial charge in [0.2, 0.25) is 0 Å². The summed E-state index contributed by atoms with van der Waals surface area (Å²) < 4.78 is 10.7. The van der Waals surface area contributed by atoms with E-state index in [9.17, 15) is 4.79 Å². The molecule has 0 aliphatic rings. The van der Waals surface area contributed by atoms with Gasteiger partial charge in [0.05, 0.1) is 13.7 Å². The van der Waals surface area contributed by atoms with Crippen LogP contribution >= 0.6 is 0 Å². The third-order valence-electron chi connectivity index (χ3n) is 2.48. The average molecular weight is 208 g/mol. The molecule has 1 aromatic rings. The monoisotopic (exact) mass is 208 g/mol. The molecule has 0 spiro atoms. The standard InChI is InChI=1S/C12H16O3/c1-5-15-12-9(3)8(2)10(7-13)6-11(12)14-4/h6-7H,5H2,1-4H3. The van der Waals surface area contributed by atoms with Crippen molar-refractivity contribution in [1.29, 1.82) is 0 Å². The first-order valence-electron chi connectivity index (χ1n) is 4.91. The van der Waals surface area contributed by atoms with Crippen LogP contribution in [0, 0.1) is 13.8 Å². The van der Waals surface area contributed by atoms with Crippen LogP contribution in [0.2, 0.25) is 0 Å². The normalized spacial score (nSPS) is 9.87. The smallest absolute Gasteiger partial charge is 0.164 e. The van der Waals surface area contributed by atoms with E-state index in [1.165, 1.54) is 0 Å². The van der Waals surface area contributed by atoms with Crippen LogP contribution < -0.4 is 9.47 Å². The van der Waals surface area contributed by atoms with Crippen LogP contribution in [-0.4, -0.2) is 20.0 Å². The Bertz CT molecular complexity index is 370. The topological polar surface area (TPSA) is 35.5 Å². The maximum Gasteiger partial charge on any atom is 0.164 e. The Kier molecular flexibility index (Phi) is 3.72. The van der Waals surface area contributed by atoms with Gasteiger partial charge in [-0.2, -0.15) is 0 Å². The minimum atomic E-state index is 0.580. The molecule has 1 aromatic carbocycles. The molecule has 0 fully saturated rings. The molecule has 0 atom stereocenters. The number of aldehydes is 1. The second kappa shape index (κ2) is 4.82. The SMILES string of the molecule is CCOc1c(OC)cc(C=O)c(C)c1C. The summed E-state index contributed by atoms with van der Waals surface area (Å²) in [5.74, 6) is 1.34. The van der Waals surface area contributed by atoms with Crippen molar-refractivity contribution in [3.8, 4) is 11.5 Å². The molecular weight excluding hydrogens is 192 g/mol. The highest BCUT2D eigenvalue weighted by atomic mass is 16.5. The first kappa shape index (κ1) is 11.6. The van der Waals surface area contributed by atoms with Crippen molar-refractivity contribution in [3.05, 3.63) is 22.8 Å². The third-order valence-corrected chi connectivity index (χ3v) is 2.48. The summed E-state index contributed by atoms with van der Waals surface area (Å²) in [5, 5.41) is 0. The van der Waals surface area contributed by atoms with Gasteiger partial charge in [-0.3, -0.25) is 4.79 Å². The number of benzene rings is 1. The number of methoxy groups -OCH3 is 1. The maximum absolute atomic E-state index is 10.8. The summed E-state index contributed by atoms with van der Waals surface area (Å²) in [5.41, 5.74) is 2.54. The second-order valence-electron chi connectivity index (χ2n) is 3.30. The molecule has 0 amide bonds. The molecule has 0 heterocycles. The lowest BCUT2D eigenvalue weighted by Gasteiger charge is -2.15. The first-order valence-corrected chi connectivity index (χ1v) is 4.91. The number of carbonyl (C=O) groups excluding carboxylic acids is 1. The number of hydrogen-bond acceptors (Lipinski definition) is 3. The molecule has 0 aromatic heterocycles. The van der Waals surface area contributed by atoms with Gasteiger partial charge in [-0.1, -0.05) is 0 Å². The van der Waals surface area contributed by atoms with Gasteiger partial charge in [0, 0.05) is 5.56 Å². The molecule has 15 heavy (non-hydrogen) atoms. The van der Waals surface area contributed by atoms with Crippen LogP contribution in [0.4, 0.5) is 0 Å². The Morgan fingerprint density at radius 1 is 1.33 bits per heavy atom. The van der Waals surface area contributed by atoms with Gasteiger partial charge in [-0.05, 0) is 38.0 Å². The van der Waals surface area contributed by atoms with Crippen LogP contribution in [0.5, 0.6) is 11.5 Å². The van der Waals surface area contributed by atoms with E-state index in [2.05, 4.69) is 0 Å². The third kappa shape index (κ3) is 2.12. The minimum absolute atomic E-state index is 0.580. The highest BCUT2D eigenvalue weighted by Gasteiger charge is 2.13. The zero-order valence-electron chi connectivity index (χ0n) is 9.59. The predicted molar refractivity (Wildman–Crippen MR) is 59.0 cm³/mol. The molecular formula is C12H16O3. The second-order valence-corrected chi connectivity index (χ2v) is 3.30. The number of ether oxygens (including phenoxy) is 2. The first-order chi connectivity index (χ1) is 7.15. The molecule has 0 aliphatic heterocycles. The minimum Gasteiger partial charge on any atom is -0.493 e. The quantitative estimate of drug-likeness (QED) is 0.713. The van der Waals surface area contributed by atoms with Crippen molar-refractivity contribution in [2.45, 2.75) is 20.8 Å². The van der Waals surface area contributed by atoms with Crippen molar-refractivity contribution in [2.24, 2.45) is 0 Å². The van der Waals surface area contributed by atoms with Gasteiger partial charge >= 0.3 is 0 Å². The zero-order chi connectivity index (χ0) is 11.4. The van der Waals surface area contributed by atoms with E-state index < -0.39 is 0 Å². The van der Waals surface area contributed by atoms with Crippen molar-refractivity contribution in [3.63, 3.8) is 0 Å². The predicted octanol–water partition coefficient (Wildman–Crippen LogP) is 2.52. The van der Waals surface area contributed by atoms with Gasteiger partial charge in [0.15, 0.2) is 11.5 Å². The van der Waals surface area contributed by atoms with E-state index in [-0.39, 0.29) is 0 Å². The molecule has 0 N–H and O–H groups in total. The number of carbonyl (C=O) groups is 1. The average Bonchev–Trinajstić information content (AvgIpc) is 2.25. The Labute approximate surface area is 90.0 Å². The summed E-state index contributed by atoms with van der Waals surface area (Å²) in [6, 6.07) is 1.71.